The van der Waals surface area contributed by atoms with Gasteiger partial charge in [-0.15, -0.1) is 0 Å². The third-order valence-electron chi connectivity index (χ3n) is 4.09. The Labute approximate surface area is 130 Å². The average molecular weight is 300 g/mol. The van der Waals surface area contributed by atoms with E-state index >= 15 is 0 Å². The number of nitrogens with one attached hydrogen (secondary N) is 1. The van der Waals surface area contributed by atoms with Gasteiger partial charge >= 0.3 is 0 Å². The lowest BCUT2D eigenvalue weighted by Crippen LogP contribution is -2.51. The van der Waals surface area contributed by atoms with Gasteiger partial charge in [0.2, 0.25) is 6.41 Å². The third kappa shape index (κ3) is 3.12. The Kier molecular flexibility index (Phi) is 4.39. The van der Waals surface area contributed by atoms with Crippen LogP contribution in [0.3, 0.4) is 0 Å². The van der Waals surface area contributed by atoms with E-state index in [0.717, 1.165) is 25.1 Å². The van der Waals surface area contributed by atoms with Gasteiger partial charge in [-0.05, 0) is 11.6 Å². The number of carbonyl (C=O) groups excluding carboxylic acids is 2. The maximum atomic E-state index is 12.5. The van der Waals surface area contributed by atoms with Crippen molar-refractivity contribution in [2.45, 2.75) is 6.04 Å². The van der Waals surface area contributed by atoms with Crippen molar-refractivity contribution in [3.8, 4) is 0 Å². The number of carbonyl (C=O) groups is 2. The lowest BCUT2D eigenvalue weighted by molar-refractivity contribution is -0.136. The van der Waals surface area contributed by atoms with Gasteiger partial charge in [0.15, 0.2) is 0 Å². The predicted molar refractivity (Wildman–Crippen MR) is 82.4 cm³/mol. The minimum absolute atomic E-state index is 0.0402. The Hall–Kier alpha value is -2.34. The van der Waals surface area contributed by atoms with Crippen molar-refractivity contribution in [3.63, 3.8) is 0 Å². The van der Waals surface area contributed by atoms with Gasteiger partial charge in [-0.2, -0.15) is 0 Å². The van der Waals surface area contributed by atoms with Crippen LogP contribution < -0.4 is 5.43 Å². The molecule has 1 N–H and O–H groups in total. The number of hydrogen-bond acceptors (Lipinski definition) is 4. The van der Waals surface area contributed by atoms with Gasteiger partial charge in [-0.3, -0.25) is 14.5 Å². The van der Waals surface area contributed by atoms with Gasteiger partial charge in [0.1, 0.15) is 0 Å². The molecule has 0 aliphatic carbocycles. The van der Waals surface area contributed by atoms with E-state index in [1.165, 1.54) is 0 Å². The Morgan fingerprint density at radius 3 is 2.59 bits per heavy atom. The Balaban J connectivity index is 1.59. The van der Waals surface area contributed by atoms with Crippen molar-refractivity contribution in [1.82, 2.24) is 20.2 Å². The maximum Gasteiger partial charge on any atom is 0.255 e. The molecule has 0 radical (unpaired) electrons. The molecule has 0 saturated carbocycles. The summed E-state index contributed by atoms with van der Waals surface area (Å²) in [4.78, 5) is 27.1. The normalized spacial score (nSPS) is 21.7. The molecule has 0 bridgehead atoms. The molecule has 1 saturated heterocycles. The average Bonchev–Trinajstić information content (AvgIpc) is 3.06. The highest BCUT2D eigenvalue weighted by Gasteiger charge is 2.28. The van der Waals surface area contributed by atoms with Gasteiger partial charge in [-0.1, -0.05) is 30.3 Å². The molecule has 2 heterocycles. The van der Waals surface area contributed by atoms with E-state index in [4.69, 9.17) is 0 Å². The van der Waals surface area contributed by atoms with Crippen LogP contribution in [0.15, 0.2) is 42.6 Å². The minimum Gasteiger partial charge on any atom is -0.343 e. The van der Waals surface area contributed by atoms with Crippen LogP contribution in [0.4, 0.5) is 0 Å². The molecule has 0 unspecified atom stereocenters. The van der Waals surface area contributed by atoms with Crippen LogP contribution in [0.1, 0.15) is 11.6 Å². The number of nitrogens with zero attached hydrogens (tertiary/aromatic N) is 3. The van der Waals surface area contributed by atoms with Crippen molar-refractivity contribution in [2.24, 2.45) is 0 Å². The topological polar surface area (TPSA) is 55.9 Å². The Bertz CT molecular complexity index is 553. The molecule has 3 rings (SSSR count). The molecular weight excluding hydrogens is 280 g/mol. The molecular formula is C16H20N4O2. The van der Waals surface area contributed by atoms with Crippen LogP contribution in [0.25, 0.3) is 0 Å². The third-order valence-corrected chi connectivity index (χ3v) is 4.09. The second-order valence-corrected chi connectivity index (χ2v) is 5.53. The summed E-state index contributed by atoms with van der Waals surface area (Å²) < 4.78 is 0. The maximum absolute atomic E-state index is 12.5. The van der Waals surface area contributed by atoms with Gasteiger partial charge in [-0.25, -0.2) is 5.01 Å². The molecule has 1 aromatic rings. The van der Waals surface area contributed by atoms with E-state index in [-0.39, 0.29) is 11.9 Å². The van der Waals surface area contributed by atoms with Crippen molar-refractivity contribution >= 4 is 12.3 Å². The first kappa shape index (κ1) is 14.6. The summed E-state index contributed by atoms with van der Waals surface area (Å²) in [5.74, 6) is 0.0402. The zero-order valence-corrected chi connectivity index (χ0v) is 12.4. The van der Waals surface area contributed by atoms with E-state index < -0.39 is 0 Å². The second-order valence-electron chi connectivity index (χ2n) is 5.53. The standard InChI is InChI=1S/C16H20N4O2/c21-13-19-10-8-18(9-11-19)12-16(22)20-15(6-7-17-20)14-4-2-1-3-5-14/h1-7,13,15,17H,8-12H2/t15-/m0/s1. The van der Waals surface area contributed by atoms with E-state index in [0.29, 0.717) is 19.6 Å². The lowest BCUT2D eigenvalue weighted by atomic mass is 10.1. The van der Waals surface area contributed by atoms with E-state index in [9.17, 15) is 9.59 Å². The number of piperazine rings is 1. The summed E-state index contributed by atoms with van der Waals surface area (Å²) in [6, 6.07) is 9.89. The molecule has 116 valence electrons. The zero-order valence-electron chi connectivity index (χ0n) is 12.4. The molecule has 1 atom stereocenters. The van der Waals surface area contributed by atoms with E-state index in [2.05, 4.69) is 10.3 Å². The van der Waals surface area contributed by atoms with Gasteiger partial charge in [0.05, 0.1) is 12.6 Å². The number of hydrogen-bond donors (Lipinski definition) is 1. The molecule has 2 amide bonds. The molecule has 2 aliphatic rings. The van der Waals surface area contributed by atoms with Crippen LogP contribution in [-0.4, -0.2) is 59.8 Å². The lowest BCUT2D eigenvalue weighted by Gasteiger charge is -2.33. The molecule has 22 heavy (non-hydrogen) atoms. The number of benzene rings is 1. The van der Waals surface area contributed by atoms with Crippen molar-refractivity contribution in [1.29, 1.82) is 0 Å². The van der Waals surface area contributed by atoms with Gasteiger partial charge in [0.25, 0.3) is 5.91 Å². The predicted octanol–water partition coefficient (Wildman–Crippen LogP) is 0.362. The summed E-state index contributed by atoms with van der Waals surface area (Å²) in [7, 11) is 0. The zero-order chi connectivity index (χ0) is 15.4. The van der Waals surface area contributed by atoms with Crippen molar-refractivity contribution in [2.75, 3.05) is 32.7 Å². The first-order chi connectivity index (χ1) is 10.8. The molecule has 6 heteroatoms. The number of rotatable bonds is 4. The smallest absolute Gasteiger partial charge is 0.255 e. The number of hydrazine groups is 1. The molecule has 6 nitrogen and oxygen atoms in total. The summed E-state index contributed by atoms with van der Waals surface area (Å²) in [6.07, 6.45) is 4.66. The fourth-order valence-corrected chi connectivity index (χ4v) is 2.81. The van der Waals surface area contributed by atoms with Crippen LogP contribution >= 0.6 is 0 Å². The fourth-order valence-electron chi connectivity index (χ4n) is 2.81. The van der Waals surface area contributed by atoms with E-state index in [1.54, 1.807) is 16.1 Å². The summed E-state index contributed by atoms with van der Waals surface area (Å²) in [5.41, 5.74) is 4.11. The Morgan fingerprint density at radius 2 is 1.91 bits per heavy atom. The minimum atomic E-state index is -0.0648. The summed E-state index contributed by atoms with van der Waals surface area (Å²) in [5, 5.41) is 1.67. The van der Waals surface area contributed by atoms with Crippen LogP contribution in [0.2, 0.25) is 0 Å². The largest absolute Gasteiger partial charge is 0.343 e. The van der Waals surface area contributed by atoms with E-state index in [1.807, 2.05) is 36.4 Å². The summed E-state index contributed by atoms with van der Waals surface area (Å²) in [6.45, 7) is 3.21. The SMILES string of the molecule is O=CN1CCN(CC(=O)N2NC=C[C@H]2c2ccccc2)CC1. The van der Waals surface area contributed by atoms with Crippen LogP contribution in [0, 0.1) is 0 Å². The van der Waals surface area contributed by atoms with Gasteiger partial charge < -0.3 is 10.3 Å². The highest BCUT2D eigenvalue weighted by Crippen LogP contribution is 2.24. The van der Waals surface area contributed by atoms with Crippen LogP contribution in [0.5, 0.6) is 0 Å². The van der Waals surface area contributed by atoms with Crippen molar-refractivity contribution < 1.29 is 9.59 Å². The molecule has 1 fully saturated rings. The molecule has 0 aromatic heterocycles. The number of amides is 2. The second kappa shape index (κ2) is 6.62. The highest BCUT2D eigenvalue weighted by molar-refractivity contribution is 5.79. The highest BCUT2D eigenvalue weighted by atomic mass is 16.2. The van der Waals surface area contributed by atoms with Crippen molar-refractivity contribution in [3.05, 3.63) is 48.2 Å². The van der Waals surface area contributed by atoms with Gasteiger partial charge in [0, 0.05) is 32.4 Å². The monoisotopic (exact) mass is 300 g/mol. The fraction of sp³-hybridized carbons (Fsp3) is 0.375. The first-order valence-electron chi connectivity index (χ1n) is 7.49. The molecule has 2 aliphatic heterocycles. The summed E-state index contributed by atoms with van der Waals surface area (Å²) >= 11 is 0. The first-order valence-corrected chi connectivity index (χ1v) is 7.49. The molecule has 0 spiro atoms. The van der Waals surface area contributed by atoms with Crippen LogP contribution in [-0.2, 0) is 9.59 Å². The quantitative estimate of drug-likeness (QED) is 0.816. The Morgan fingerprint density at radius 1 is 1.18 bits per heavy atom. The molecule has 1 aromatic carbocycles.